The first kappa shape index (κ1) is 12.7. The number of nitrogens with two attached hydrogens (primary N) is 1. The second kappa shape index (κ2) is 4.86. The summed E-state index contributed by atoms with van der Waals surface area (Å²) in [5, 5.41) is 4.26. The van der Waals surface area contributed by atoms with Crippen LogP contribution in [0.5, 0.6) is 11.6 Å². The zero-order valence-corrected chi connectivity index (χ0v) is 10.8. The Bertz CT molecular complexity index is 583. The monoisotopic (exact) mass is 269 g/mol. The standard InChI is InChI=1S/C12H13ClFN3O/c1-3-17-12(11(15)7(2)16-17)18-8-4-5-9(13)10(14)6-8/h4-6H,3,15H2,1-2H3. The Kier molecular flexibility index (Phi) is 3.43. The fraction of sp³-hybridized carbons (Fsp3) is 0.250. The first-order valence-electron chi connectivity index (χ1n) is 5.48. The molecule has 1 heterocycles. The molecule has 0 bridgehead atoms. The molecule has 0 amide bonds. The highest BCUT2D eigenvalue weighted by atomic mass is 35.5. The summed E-state index contributed by atoms with van der Waals surface area (Å²) in [5.41, 5.74) is 7.00. The van der Waals surface area contributed by atoms with Crippen LogP contribution < -0.4 is 10.5 Å². The molecule has 0 aliphatic carbocycles. The predicted octanol–water partition coefficient (Wildman–Crippen LogP) is 3.38. The first-order valence-corrected chi connectivity index (χ1v) is 5.86. The van der Waals surface area contributed by atoms with Crippen LogP contribution >= 0.6 is 11.6 Å². The van der Waals surface area contributed by atoms with Gasteiger partial charge in [0.05, 0.1) is 10.7 Å². The summed E-state index contributed by atoms with van der Waals surface area (Å²) < 4.78 is 20.5. The summed E-state index contributed by atoms with van der Waals surface area (Å²) >= 11 is 5.60. The van der Waals surface area contributed by atoms with Crippen LogP contribution in [0.3, 0.4) is 0 Å². The van der Waals surface area contributed by atoms with Crippen molar-refractivity contribution in [2.24, 2.45) is 0 Å². The SMILES string of the molecule is CCn1nc(C)c(N)c1Oc1ccc(Cl)c(F)c1. The Morgan fingerprint density at radius 2 is 2.22 bits per heavy atom. The topological polar surface area (TPSA) is 53.1 Å². The van der Waals surface area contributed by atoms with Crippen LogP contribution in [0, 0.1) is 12.7 Å². The molecule has 0 saturated carbocycles. The molecule has 0 aliphatic rings. The third kappa shape index (κ3) is 2.26. The maximum atomic E-state index is 13.3. The predicted molar refractivity (Wildman–Crippen MR) is 68.5 cm³/mol. The lowest BCUT2D eigenvalue weighted by Crippen LogP contribution is -2.01. The summed E-state index contributed by atoms with van der Waals surface area (Å²) in [5.74, 6) is 0.210. The lowest BCUT2D eigenvalue weighted by molar-refractivity contribution is 0.415. The third-order valence-electron chi connectivity index (χ3n) is 2.53. The summed E-state index contributed by atoms with van der Waals surface area (Å²) in [6, 6.07) is 4.22. The van der Waals surface area contributed by atoms with Crippen molar-refractivity contribution in [1.29, 1.82) is 0 Å². The molecule has 0 atom stereocenters. The number of nitrogen functional groups attached to an aromatic ring is 1. The Labute approximate surface area is 109 Å². The third-order valence-corrected chi connectivity index (χ3v) is 2.84. The summed E-state index contributed by atoms with van der Waals surface area (Å²) in [6.45, 7) is 4.32. The second-order valence-electron chi connectivity index (χ2n) is 3.80. The van der Waals surface area contributed by atoms with Gasteiger partial charge in [-0.25, -0.2) is 9.07 Å². The van der Waals surface area contributed by atoms with Crippen LogP contribution in [0.4, 0.5) is 10.1 Å². The highest BCUT2D eigenvalue weighted by Gasteiger charge is 2.14. The number of aromatic nitrogens is 2. The van der Waals surface area contributed by atoms with Gasteiger partial charge >= 0.3 is 0 Å². The van der Waals surface area contributed by atoms with Crippen molar-refractivity contribution >= 4 is 17.3 Å². The van der Waals surface area contributed by atoms with Gasteiger partial charge in [-0.05, 0) is 26.0 Å². The van der Waals surface area contributed by atoms with Crippen molar-refractivity contribution in [2.45, 2.75) is 20.4 Å². The van der Waals surface area contributed by atoms with Crippen molar-refractivity contribution in [3.05, 3.63) is 34.7 Å². The Balaban J connectivity index is 2.36. The quantitative estimate of drug-likeness (QED) is 0.929. The zero-order chi connectivity index (χ0) is 13.3. The molecule has 2 rings (SSSR count). The second-order valence-corrected chi connectivity index (χ2v) is 4.21. The van der Waals surface area contributed by atoms with Crippen LogP contribution in [0.15, 0.2) is 18.2 Å². The molecule has 96 valence electrons. The molecule has 0 aliphatic heterocycles. The number of hydrogen-bond donors (Lipinski definition) is 1. The number of rotatable bonds is 3. The molecule has 2 aromatic rings. The highest BCUT2D eigenvalue weighted by molar-refractivity contribution is 6.30. The van der Waals surface area contributed by atoms with E-state index in [9.17, 15) is 4.39 Å². The van der Waals surface area contributed by atoms with E-state index in [1.165, 1.54) is 12.1 Å². The van der Waals surface area contributed by atoms with Crippen molar-refractivity contribution in [1.82, 2.24) is 9.78 Å². The van der Waals surface area contributed by atoms with Gasteiger partial charge in [-0.1, -0.05) is 11.6 Å². The molecule has 0 saturated heterocycles. The first-order chi connectivity index (χ1) is 8.52. The van der Waals surface area contributed by atoms with Gasteiger partial charge in [-0.15, -0.1) is 0 Å². The van der Waals surface area contributed by atoms with E-state index in [1.54, 1.807) is 17.7 Å². The summed E-state index contributed by atoms with van der Waals surface area (Å²) in [7, 11) is 0. The van der Waals surface area contributed by atoms with Gasteiger partial charge in [0.25, 0.3) is 0 Å². The maximum Gasteiger partial charge on any atom is 0.241 e. The van der Waals surface area contributed by atoms with E-state index in [1.807, 2.05) is 6.92 Å². The molecule has 2 N–H and O–H groups in total. The lowest BCUT2D eigenvalue weighted by Gasteiger charge is -2.08. The number of hydrogen-bond acceptors (Lipinski definition) is 3. The molecule has 0 spiro atoms. The van der Waals surface area contributed by atoms with E-state index in [0.29, 0.717) is 29.6 Å². The minimum Gasteiger partial charge on any atom is -0.437 e. The number of anilines is 1. The average molecular weight is 270 g/mol. The van der Waals surface area contributed by atoms with Crippen molar-refractivity contribution < 1.29 is 9.13 Å². The van der Waals surface area contributed by atoms with Crippen molar-refractivity contribution in [3.63, 3.8) is 0 Å². The highest BCUT2D eigenvalue weighted by Crippen LogP contribution is 2.31. The van der Waals surface area contributed by atoms with E-state index in [0.717, 1.165) is 0 Å². The van der Waals surface area contributed by atoms with Crippen LogP contribution in [0.2, 0.25) is 5.02 Å². The molecule has 0 unspecified atom stereocenters. The van der Waals surface area contributed by atoms with Gasteiger partial charge in [0, 0.05) is 12.6 Å². The normalized spacial score (nSPS) is 10.7. The summed E-state index contributed by atoms with van der Waals surface area (Å²) in [4.78, 5) is 0. The van der Waals surface area contributed by atoms with Crippen LogP contribution in [0.1, 0.15) is 12.6 Å². The Morgan fingerprint density at radius 3 is 2.83 bits per heavy atom. The van der Waals surface area contributed by atoms with Gasteiger partial charge in [-0.2, -0.15) is 5.10 Å². The summed E-state index contributed by atoms with van der Waals surface area (Å²) in [6.07, 6.45) is 0. The van der Waals surface area contributed by atoms with Gasteiger partial charge in [0.15, 0.2) is 0 Å². The van der Waals surface area contributed by atoms with Crippen molar-refractivity contribution in [2.75, 3.05) is 5.73 Å². The largest absolute Gasteiger partial charge is 0.437 e. The van der Waals surface area contributed by atoms with E-state index >= 15 is 0 Å². The van der Waals surface area contributed by atoms with E-state index < -0.39 is 5.82 Å². The fourth-order valence-corrected chi connectivity index (χ4v) is 1.67. The molecule has 1 aromatic heterocycles. The van der Waals surface area contributed by atoms with Crippen LogP contribution in [-0.4, -0.2) is 9.78 Å². The minimum absolute atomic E-state index is 0.0514. The molecule has 1 aromatic carbocycles. The van der Waals surface area contributed by atoms with E-state index in [-0.39, 0.29) is 5.02 Å². The Morgan fingerprint density at radius 1 is 1.50 bits per heavy atom. The number of benzene rings is 1. The molecule has 4 nitrogen and oxygen atoms in total. The van der Waals surface area contributed by atoms with E-state index in [4.69, 9.17) is 22.1 Å². The smallest absolute Gasteiger partial charge is 0.241 e. The zero-order valence-electron chi connectivity index (χ0n) is 10.1. The molecular weight excluding hydrogens is 257 g/mol. The lowest BCUT2D eigenvalue weighted by atomic mass is 10.3. The molecule has 6 heteroatoms. The van der Waals surface area contributed by atoms with Gasteiger partial charge in [0.1, 0.15) is 17.3 Å². The van der Waals surface area contributed by atoms with E-state index in [2.05, 4.69) is 5.10 Å². The minimum atomic E-state index is -0.535. The van der Waals surface area contributed by atoms with Crippen molar-refractivity contribution in [3.8, 4) is 11.6 Å². The van der Waals surface area contributed by atoms with Gasteiger partial charge in [-0.3, -0.25) is 0 Å². The average Bonchev–Trinajstić information content (AvgIpc) is 2.61. The fourth-order valence-electron chi connectivity index (χ4n) is 1.55. The Hall–Kier alpha value is -1.75. The van der Waals surface area contributed by atoms with Gasteiger partial charge in [0.2, 0.25) is 5.88 Å². The number of aryl methyl sites for hydroxylation is 2. The van der Waals surface area contributed by atoms with Crippen LogP contribution in [-0.2, 0) is 6.54 Å². The molecule has 0 fully saturated rings. The molecule has 0 radical (unpaired) electrons. The number of ether oxygens (including phenoxy) is 1. The van der Waals surface area contributed by atoms with Gasteiger partial charge < -0.3 is 10.5 Å². The molecular formula is C12H13ClFN3O. The van der Waals surface area contributed by atoms with Crippen LogP contribution in [0.25, 0.3) is 0 Å². The number of halogens is 2. The molecule has 18 heavy (non-hydrogen) atoms. The maximum absolute atomic E-state index is 13.3. The number of nitrogens with zero attached hydrogens (tertiary/aromatic N) is 2.